The normalized spacial score (nSPS) is 12.6. The lowest BCUT2D eigenvalue weighted by Crippen LogP contribution is -2.31. The molecule has 0 spiro atoms. The quantitative estimate of drug-likeness (QED) is 0.376. The van der Waals surface area contributed by atoms with E-state index in [1.165, 1.54) is 6.07 Å². The van der Waals surface area contributed by atoms with Crippen molar-refractivity contribution in [3.63, 3.8) is 0 Å². The standard InChI is InChI=1S/C21H11F8N3O4/c22-12-2-1-7-30-17(12)16(10-3-6-15(13(23)8-10)36-21(27,28)29)32-18(33)14-5-4-11(9-31-14)35-19(34)20(24,25)26/h1-9,16H,(H,32,33). The summed E-state index contributed by atoms with van der Waals surface area (Å²) >= 11 is 0. The summed E-state index contributed by atoms with van der Waals surface area (Å²) in [5.74, 6) is -7.83. The van der Waals surface area contributed by atoms with Gasteiger partial charge in [0.25, 0.3) is 5.91 Å². The lowest BCUT2D eigenvalue weighted by molar-refractivity contribution is -0.275. The Morgan fingerprint density at radius 2 is 1.64 bits per heavy atom. The second kappa shape index (κ2) is 10.1. The fraction of sp³-hybridized carbons (Fsp3) is 0.143. The third-order valence-corrected chi connectivity index (χ3v) is 4.26. The summed E-state index contributed by atoms with van der Waals surface area (Å²) in [5, 5.41) is 2.26. The molecule has 3 aromatic rings. The number of pyridine rings is 2. The number of benzene rings is 1. The Morgan fingerprint density at radius 3 is 2.19 bits per heavy atom. The summed E-state index contributed by atoms with van der Waals surface area (Å²) in [7, 11) is 0. The Morgan fingerprint density at radius 1 is 0.917 bits per heavy atom. The minimum atomic E-state index is -5.27. The van der Waals surface area contributed by atoms with Crippen molar-refractivity contribution in [2.24, 2.45) is 0 Å². The third-order valence-electron chi connectivity index (χ3n) is 4.26. The number of amides is 1. The number of carbonyl (C=O) groups is 2. The van der Waals surface area contributed by atoms with Gasteiger partial charge >= 0.3 is 18.5 Å². The van der Waals surface area contributed by atoms with E-state index in [1.807, 2.05) is 0 Å². The summed E-state index contributed by atoms with van der Waals surface area (Å²) in [4.78, 5) is 30.9. The smallest absolute Gasteiger partial charge is 0.418 e. The van der Waals surface area contributed by atoms with Gasteiger partial charge in [-0.15, -0.1) is 13.2 Å². The highest BCUT2D eigenvalue weighted by Gasteiger charge is 2.41. The van der Waals surface area contributed by atoms with E-state index in [2.05, 4.69) is 24.8 Å². The van der Waals surface area contributed by atoms with Crippen molar-refractivity contribution < 1.29 is 54.2 Å². The number of esters is 1. The number of rotatable bonds is 6. The van der Waals surface area contributed by atoms with Crippen LogP contribution in [0.15, 0.2) is 54.9 Å². The van der Waals surface area contributed by atoms with Crippen molar-refractivity contribution in [1.29, 1.82) is 0 Å². The maximum absolute atomic E-state index is 14.4. The number of nitrogens with zero attached hydrogens (tertiary/aromatic N) is 2. The lowest BCUT2D eigenvalue weighted by Gasteiger charge is -2.20. The highest BCUT2D eigenvalue weighted by molar-refractivity contribution is 5.93. The lowest BCUT2D eigenvalue weighted by atomic mass is 10.0. The first kappa shape index (κ1) is 26.3. The van der Waals surface area contributed by atoms with E-state index in [9.17, 15) is 44.7 Å². The van der Waals surface area contributed by atoms with E-state index < -0.39 is 65.0 Å². The van der Waals surface area contributed by atoms with Crippen LogP contribution in [-0.4, -0.2) is 34.4 Å². The van der Waals surface area contributed by atoms with Gasteiger partial charge in [-0.05, 0) is 42.0 Å². The molecule has 1 amide bonds. The first-order valence-electron chi connectivity index (χ1n) is 9.46. The van der Waals surface area contributed by atoms with E-state index in [1.54, 1.807) is 0 Å². The first-order valence-corrected chi connectivity index (χ1v) is 9.46. The number of hydrogen-bond donors (Lipinski definition) is 1. The number of hydrogen-bond acceptors (Lipinski definition) is 6. The van der Waals surface area contributed by atoms with Gasteiger partial charge < -0.3 is 14.8 Å². The summed E-state index contributed by atoms with van der Waals surface area (Å²) in [6.45, 7) is 0. The Labute approximate surface area is 195 Å². The third kappa shape index (κ3) is 6.64. The highest BCUT2D eigenvalue weighted by Crippen LogP contribution is 2.30. The number of ether oxygens (including phenoxy) is 2. The molecular weight excluding hydrogens is 510 g/mol. The number of nitrogens with one attached hydrogen (secondary N) is 1. The molecule has 1 aromatic carbocycles. The van der Waals surface area contributed by atoms with E-state index in [4.69, 9.17) is 0 Å². The molecule has 0 aliphatic rings. The predicted molar refractivity (Wildman–Crippen MR) is 103 cm³/mol. The molecule has 0 aliphatic heterocycles. The molecule has 7 nitrogen and oxygen atoms in total. The van der Waals surface area contributed by atoms with Crippen LogP contribution in [0, 0.1) is 11.6 Å². The molecule has 1 N–H and O–H groups in total. The average molecular weight is 521 g/mol. The van der Waals surface area contributed by atoms with Crippen molar-refractivity contribution in [1.82, 2.24) is 15.3 Å². The van der Waals surface area contributed by atoms with Gasteiger partial charge in [0, 0.05) is 6.20 Å². The first-order chi connectivity index (χ1) is 16.7. The van der Waals surface area contributed by atoms with E-state index in [0.29, 0.717) is 18.3 Å². The molecule has 36 heavy (non-hydrogen) atoms. The SMILES string of the molecule is O=C(NC(c1ccc(OC(F)(F)F)c(F)c1)c1ncccc1F)c1ccc(OC(=O)C(F)(F)F)cn1. The van der Waals surface area contributed by atoms with Crippen molar-refractivity contribution in [2.45, 2.75) is 18.6 Å². The molecule has 2 heterocycles. The zero-order valence-corrected chi connectivity index (χ0v) is 17.3. The summed E-state index contributed by atoms with van der Waals surface area (Å²) < 4.78 is 110. The average Bonchev–Trinajstić information content (AvgIpc) is 2.78. The van der Waals surface area contributed by atoms with Crippen molar-refractivity contribution >= 4 is 11.9 Å². The van der Waals surface area contributed by atoms with Gasteiger partial charge in [-0.2, -0.15) is 13.2 Å². The number of halogens is 8. The summed E-state index contributed by atoms with van der Waals surface area (Å²) in [6, 6.07) is 4.43. The molecule has 0 saturated heterocycles. The molecule has 0 saturated carbocycles. The van der Waals surface area contributed by atoms with Gasteiger partial charge in [-0.1, -0.05) is 6.07 Å². The van der Waals surface area contributed by atoms with Gasteiger partial charge in [-0.3, -0.25) is 9.78 Å². The maximum Gasteiger partial charge on any atom is 0.573 e. The summed E-state index contributed by atoms with van der Waals surface area (Å²) in [5.41, 5.74) is -1.12. The van der Waals surface area contributed by atoms with Gasteiger partial charge in [0.15, 0.2) is 11.6 Å². The van der Waals surface area contributed by atoms with Crippen molar-refractivity contribution in [3.8, 4) is 11.5 Å². The molecule has 0 fully saturated rings. The topological polar surface area (TPSA) is 90.4 Å². The zero-order chi connectivity index (χ0) is 26.7. The summed E-state index contributed by atoms with van der Waals surface area (Å²) in [6.07, 6.45) is -8.68. The Balaban J connectivity index is 1.88. The molecule has 0 radical (unpaired) electrons. The van der Waals surface area contributed by atoms with Crippen LogP contribution in [-0.2, 0) is 4.79 Å². The fourth-order valence-corrected chi connectivity index (χ4v) is 2.77. The fourth-order valence-electron chi connectivity index (χ4n) is 2.77. The van der Waals surface area contributed by atoms with Gasteiger partial charge in [-0.25, -0.2) is 18.6 Å². The van der Waals surface area contributed by atoms with Crippen LogP contribution >= 0.6 is 0 Å². The largest absolute Gasteiger partial charge is 0.573 e. The van der Waals surface area contributed by atoms with Crippen LogP contribution in [0.2, 0.25) is 0 Å². The Hall–Kier alpha value is -4.30. The monoisotopic (exact) mass is 521 g/mol. The predicted octanol–water partition coefficient (Wildman–Crippen LogP) is 4.64. The molecule has 0 aliphatic carbocycles. The minimum absolute atomic E-state index is 0.233. The van der Waals surface area contributed by atoms with Crippen LogP contribution in [0.4, 0.5) is 35.1 Å². The molecular formula is C21H11F8N3O4. The van der Waals surface area contributed by atoms with E-state index in [-0.39, 0.29) is 5.56 Å². The molecule has 1 atom stereocenters. The molecule has 3 rings (SSSR count). The second-order valence-corrected chi connectivity index (χ2v) is 6.78. The van der Waals surface area contributed by atoms with E-state index >= 15 is 0 Å². The van der Waals surface area contributed by atoms with Crippen molar-refractivity contribution in [3.05, 3.63) is 83.4 Å². The van der Waals surface area contributed by atoms with Gasteiger partial charge in [0.05, 0.1) is 12.2 Å². The molecule has 0 bridgehead atoms. The molecule has 1 unspecified atom stereocenters. The number of carbonyl (C=O) groups excluding carboxylic acids is 2. The second-order valence-electron chi connectivity index (χ2n) is 6.78. The Kier molecular flexibility index (Phi) is 7.40. The zero-order valence-electron chi connectivity index (χ0n) is 17.3. The molecule has 15 heteroatoms. The van der Waals surface area contributed by atoms with Crippen LogP contribution in [0.3, 0.4) is 0 Å². The van der Waals surface area contributed by atoms with Crippen LogP contribution in [0.25, 0.3) is 0 Å². The molecule has 190 valence electrons. The van der Waals surface area contributed by atoms with Crippen LogP contribution in [0.5, 0.6) is 11.5 Å². The Bertz CT molecular complexity index is 1260. The van der Waals surface area contributed by atoms with Crippen LogP contribution in [0.1, 0.15) is 27.8 Å². The highest BCUT2D eigenvalue weighted by atomic mass is 19.4. The number of aromatic nitrogens is 2. The molecule has 2 aromatic heterocycles. The van der Waals surface area contributed by atoms with Crippen LogP contribution < -0.4 is 14.8 Å². The number of alkyl halides is 6. The van der Waals surface area contributed by atoms with Crippen molar-refractivity contribution in [2.75, 3.05) is 0 Å². The van der Waals surface area contributed by atoms with Gasteiger partial charge in [0.2, 0.25) is 0 Å². The van der Waals surface area contributed by atoms with Gasteiger partial charge in [0.1, 0.15) is 23.0 Å². The minimum Gasteiger partial charge on any atom is -0.418 e. The van der Waals surface area contributed by atoms with E-state index in [0.717, 1.165) is 30.5 Å². The maximum atomic E-state index is 14.4.